The van der Waals surface area contributed by atoms with Gasteiger partial charge in [-0.15, -0.1) is 0 Å². The topological polar surface area (TPSA) is 49.9 Å². The highest BCUT2D eigenvalue weighted by Crippen LogP contribution is 2.16. The standard InChI is InChI=1S/C18H26N2O3S/c21-24(22,15-9-17-6-2-1-3-7-17)20-12-10-19(11-13-20)16-18-8-4-5-14-23-18/h1-3,6-7,9,15,18H,4-5,8,10-14,16H2/b15-9+/t18-/m0/s1. The van der Waals surface area contributed by atoms with Crippen molar-refractivity contribution in [1.82, 2.24) is 9.21 Å². The van der Waals surface area contributed by atoms with E-state index in [1.807, 2.05) is 30.3 Å². The van der Waals surface area contributed by atoms with Crippen molar-refractivity contribution >= 4 is 16.1 Å². The van der Waals surface area contributed by atoms with Crippen LogP contribution in [0.15, 0.2) is 35.7 Å². The molecule has 1 aromatic carbocycles. The lowest BCUT2D eigenvalue weighted by Crippen LogP contribution is -2.50. The van der Waals surface area contributed by atoms with Crippen LogP contribution in [0.5, 0.6) is 0 Å². The molecule has 0 bridgehead atoms. The lowest BCUT2D eigenvalue weighted by molar-refractivity contribution is -0.0102. The molecule has 1 atom stereocenters. The summed E-state index contributed by atoms with van der Waals surface area (Å²) < 4.78 is 32.3. The number of ether oxygens (including phenoxy) is 1. The minimum atomic E-state index is -3.34. The SMILES string of the molecule is O=S(=O)(/C=C/c1ccccc1)N1CCN(C[C@@H]2CCCCO2)CC1. The van der Waals surface area contributed by atoms with E-state index in [-0.39, 0.29) is 0 Å². The first-order valence-electron chi connectivity index (χ1n) is 8.71. The zero-order valence-electron chi connectivity index (χ0n) is 14.0. The largest absolute Gasteiger partial charge is 0.377 e. The fourth-order valence-electron chi connectivity index (χ4n) is 3.22. The molecule has 5 nitrogen and oxygen atoms in total. The van der Waals surface area contributed by atoms with Crippen molar-refractivity contribution < 1.29 is 13.2 Å². The van der Waals surface area contributed by atoms with Crippen molar-refractivity contribution in [2.75, 3.05) is 39.3 Å². The van der Waals surface area contributed by atoms with E-state index in [9.17, 15) is 8.42 Å². The maximum absolute atomic E-state index is 12.5. The summed E-state index contributed by atoms with van der Waals surface area (Å²) in [6.45, 7) is 4.44. The Bertz CT molecular complexity index is 631. The highest BCUT2D eigenvalue weighted by Gasteiger charge is 2.26. The second-order valence-corrected chi connectivity index (χ2v) is 8.27. The molecule has 2 aliphatic rings. The molecule has 2 heterocycles. The van der Waals surface area contributed by atoms with Gasteiger partial charge in [-0.1, -0.05) is 30.3 Å². The maximum atomic E-state index is 12.5. The summed E-state index contributed by atoms with van der Waals surface area (Å²) in [6.07, 6.45) is 5.51. The maximum Gasteiger partial charge on any atom is 0.236 e. The summed E-state index contributed by atoms with van der Waals surface area (Å²) in [5.74, 6) is 0. The Morgan fingerprint density at radius 1 is 1.08 bits per heavy atom. The monoisotopic (exact) mass is 350 g/mol. The molecule has 24 heavy (non-hydrogen) atoms. The first kappa shape index (κ1) is 17.6. The summed E-state index contributed by atoms with van der Waals surface area (Å²) in [5.41, 5.74) is 0.897. The van der Waals surface area contributed by atoms with Crippen LogP contribution in [0.1, 0.15) is 24.8 Å². The third-order valence-corrected chi connectivity index (χ3v) is 6.22. The van der Waals surface area contributed by atoms with Gasteiger partial charge in [-0.25, -0.2) is 8.42 Å². The predicted molar refractivity (Wildman–Crippen MR) is 96.0 cm³/mol. The van der Waals surface area contributed by atoms with Crippen LogP contribution in [-0.2, 0) is 14.8 Å². The Hall–Kier alpha value is -1.21. The van der Waals surface area contributed by atoms with Gasteiger partial charge < -0.3 is 4.74 Å². The Morgan fingerprint density at radius 3 is 2.50 bits per heavy atom. The van der Waals surface area contributed by atoms with Crippen LogP contribution in [0.25, 0.3) is 6.08 Å². The molecule has 2 aliphatic heterocycles. The number of benzene rings is 1. The average Bonchev–Trinajstić information content (AvgIpc) is 2.62. The van der Waals surface area contributed by atoms with E-state index in [0.717, 1.165) is 44.6 Å². The van der Waals surface area contributed by atoms with E-state index < -0.39 is 10.0 Å². The van der Waals surface area contributed by atoms with E-state index in [1.54, 1.807) is 10.4 Å². The Kier molecular flexibility index (Phi) is 6.05. The quantitative estimate of drug-likeness (QED) is 0.817. The molecule has 0 N–H and O–H groups in total. The number of rotatable bonds is 5. The fourth-order valence-corrected chi connectivity index (χ4v) is 4.39. The van der Waals surface area contributed by atoms with Gasteiger partial charge in [-0.3, -0.25) is 4.90 Å². The first-order valence-corrected chi connectivity index (χ1v) is 10.2. The van der Waals surface area contributed by atoms with Gasteiger partial charge in [0.2, 0.25) is 10.0 Å². The van der Waals surface area contributed by atoms with Gasteiger partial charge in [-0.2, -0.15) is 4.31 Å². The first-order chi connectivity index (χ1) is 11.6. The van der Waals surface area contributed by atoms with Crippen molar-refractivity contribution in [3.8, 4) is 0 Å². The molecule has 0 saturated carbocycles. The molecule has 0 amide bonds. The van der Waals surface area contributed by atoms with E-state index >= 15 is 0 Å². The third-order valence-electron chi connectivity index (χ3n) is 4.66. The van der Waals surface area contributed by atoms with Crippen LogP contribution >= 0.6 is 0 Å². The van der Waals surface area contributed by atoms with Crippen molar-refractivity contribution in [2.45, 2.75) is 25.4 Å². The van der Waals surface area contributed by atoms with Gasteiger partial charge in [0.25, 0.3) is 0 Å². The highest BCUT2D eigenvalue weighted by atomic mass is 32.2. The molecule has 6 heteroatoms. The van der Waals surface area contributed by atoms with Crippen molar-refractivity contribution in [3.05, 3.63) is 41.3 Å². The van der Waals surface area contributed by atoms with E-state index in [2.05, 4.69) is 4.90 Å². The number of nitrogens with zero attached hydrogens (tertiary/aromatic N) is 2. The summed E-state index contributed by atoms with van der Waals surface area (Å²) >= 11 is 0. The molecule has 2 saturated heterocycles. The Balaban J connectivity index is 1.50. The molecule has 0 spiro atoms. The minimum Gasteiger partial charge on any atom is -0.377 e. The highest BCUT2D eigenvalue weighted by molar-refractivity contribution is 7.92. The fraction of sp³-hybridized carbons (Fsp3) is 0.556. The molecule has 0 radical (unpaired) electrons. The van der Waals surface area contributed by atoms with Crippen molar-refractivity contribution in [3.63, 3.8) is 0 Å². The molecule has 1 aromatic rings. The molecule has 3 rings (SSSR count). The second-order valence-electron chi connectivity index (χ2n) is 6.45. The average molecular weight is 350 g/mol. The van der Waals surface area contributed by atoms with Crippen LogP contribution in [0.2, 0.25) is 0 Å². The zero-order valence-corrected chi connectivity index (χ0v) is 14.8. The van der Waals surface area contributed by atoms with Gasteiger partial charge >= 0.3 is 0 Å². The third kappa shape index (κ3) is 4.89. The zero-order chi connectivity index (χ0) is 16.8. The van der Waals surface area contributed by atoms with Gasteiger partial charge in [0.15, 0.2) is 0 Å². The Morgan fingerprint density at radius 2 is 1.83 bits per heavy atom. The van der Waals surface area contributed by atoms with Crippen molar-refractivity contribution in [2.24, 2.45) is 0 Å². The van der Waals surface area contributed by atoms with Crippen LogP contribution in [0.4, 0.5) is 0 Å². The smallest absolute Gasteiger partial charge is 0.236 e. The van der Waals surface area contributed by atoms with Gasteiger partial charge in [0, 0.05) is 44.7 Å². The van der Waals surface area contributed by atoms with Crippen LogP contribution in [-0.4, -0.2) is 63.1 Å². The summed E-state index contributed by atoms with van der Waals surface area (Å²) in [4.78, 5) is 2.32. The second kappa shape index (κ2) is 8.25. The number of hydrogen-bond donors (Lipinski definition) is 0. The number of hydrogen-bond acceptors (Lipinski definition) is 4. The normalized spacial score (nSPS) is 24.4. The minimum absolute atomic E-state index is 0.319. The lowest BCUT2D eigenvalue weighted by atomic mass is 10.1. The molecule has 2 fully saturated rings. The van der Waals surface area contributed by atoms with E-state index in [4.69, 9.17) is 4.74 Å². The van der Waals surface area contributed by atoms with Gasteiger partial charge in [0.05, 0.1) is 6.10 Å². The lowest BCUT2D eigenvalue weighted by Gasteiger charge is -2.36. The number of sulfonamides is 1. The van der Waals surface area contributed by atoms with Crippen LogP contribution < -0.4 is 0 Å². The van der Waals surface area contributed by atoms with E-state index in [1.165, 1.54) is 11.8 Å². The Labute approximate surface area is 145 Å². The summed E-state index contributed by atoms with van der Waals surface area (Å²) in [6, 6.07) is 9.51. The molecule has 0 aromatic heterocycles. The molecule has 0 unspecified atom stereocenters. The van der Waals surface area contributed by atoms with Gasteiger partial charge in [0.1, 0.15) is 0 Å². The predicted octanol–water partition coefficient (Wildman–Crippen LogP) is 2.17. The summed E-state index contributed by atoms with van der Waals surface area (Å²) in [7, 11) is -3.34. The molecular formula is C18H26N2O3S. The molecular weight excluding hydrogens is 324 g/mol. The molecule has 132 valence electrons. The van der Waals surface area contributed by atoms with E-state index in [0.29, 0.717) is 19.2 Å². The number of piperazine rings is 1. The van der Waals surface area contributed by atoms with Gasteiger partial charge in [-0.05, 0) is 30.9 Å². The molecule has 0 aliphatic carbocycles. The van der Waals surface area contributed by atoms with Crippen molar-refractivity contribution in [1.29, 1.82) is 0 Å². The summed E-state index contributed by atoms with van der Waals surface area (Å²) in [5, 5.41) is 1.32. The van der Waals surface area contributed by atoms with Crippen LogP contribution in [0.3, 0.4) is 0 Å². The van der Waals surface area contributed by atoms with Crippen LogP contribution in [0, 0.1) is 0 Å².